The van der Waals surface area contributed by atoms with Crippen molar-refractivity contribution in [3.63, 3.8) is 0 Å². The highest BCUT2D eigenvalue weighted by Crippen LogP contribution is 2.12. The van der Waals surface area contributed by atoms with Crippen LogP contribution in [0.4, 0.5) is 0 Å². The number of rotatable bonds is 4. The van der Waals surface area contributed by atoms with Gasteiger partial charge in [-0.05, 0) is 33.6 Å². The Kier molecular flexibility index (Phi) is 5.34. The Balaban J connectivity index is 2.48. The van der Waals surface area contributed by atoms with Gasteiger partial charge in [0.2, 0.25) is 15.9 Å². The van der Waals surface area contributed by atoms with Crippen LogP contribution in [0.25, 0.3) is 0 Å². The van der Waals surface area contributed by atoms with E-state index in [0.29, 0.717) is 13.1 Å². The van der Waals surface area contributed by atoms with Crippen molar-refractivity contribution < 1.29 is 17.9 Å². The summed E-state index contributed by atoms with van der Waals surface area (Å²) in [6.07, 6.45) is 2.70. The van der Waals surface area contributed by atoms with E-state index in [1.54, 1.807) is 4.90 Å². The second kappa shape index (κ2) is 6.19. The van der Waals surface area contributed by atoms with Crippen LogP contribution < -0.4 is 4.72 Å². The maximum Gasteiger partial charge on any atom is 0.248 e. The highest BCUT2D eigenvalue weighted by molar-refractivity contribution is 7.88. The number of carbonyl (C=O) groups is 1. The number of nitrogens with one attached hydrogen (secondary N) is 1. The minimum absolute atomic E-state index is 0.0368. The minimum atomic E-state index is -3.23. The summed E-state index contributed by atoms with van der Waals surface area (Å²) in [6.45, 7) is 6.79. The summed E-state index contributed by atoms with van der Waals surface area (Å²) in [4.78, 5) is 13.6. The summed E-state index contributed by atoms with van der Waals surface area (Å²) in [5.41, 5.74) is -0.351. The first-order valence-electron chi connectivity index (χ1n) is 6.46. The smallest absolute Gasteiger partial charge is 0.248 e. The van der Waals surface area contributed by atoms with E-state index in [1.165, 1.54) is 0 Å². The van der Waals surface area contributed by atoms with Gasteiger partial charge in [0.15, 0.2) is 0 Å². The lowest BCUT2D eigenvalue weighted by molar-refractivity contribution is -0.142. The molecule has 1 fully saturated rings. The second-order valence-corrected chi connectivity index (χ2v) is 7.75. The molecule has 0 saturated carbocycles. The quantitative estimate of drug-likeness (QED) is 0.811. The van der Waals surface area contributed by atoms with Crippen molar-refractivity contribution in [1.82, 2.24) is 9.62 Å². The number of carbonyl (C=O) groups excluding carboxylic acids is 1. The van der Waals surface area contributed by atoms with Gasteiger partial charge in [-0.25, -0.2) is 13.1 Å². The molecular formula is C12H24N2O4S. The molecule has 1 unspecified atom stereocenters. The van der Waals surface area contributed by atoms with E-state index in [0.717, 1.165) is 19.1 Å². The van der Waals surface area contributed by atoms with Crippen LogP contribution in [0.15, 0.2) is 0 Å². The fourth-order valence-electron chi connectivity index (χ4n) is 1.97. The molecule has 19 heavy (non-hydrogen) atoms. The molecule has 1 heterocycles. The van der Waals surface area contributed by atoms with E-state index >= 15 is 0 Å². The Morgan fingerprint density at radius 1 is 1.42 bits per heavy atom. The van der Waals surface area contributed by atoms with Crippen LogP contribution in [0.2, 0.25) is 0 Å². The molecule has 0 aromatic rings. The molecule has 1 aliphatic rings. The average molecular weight is 292 g/mol. The van der Waals surface area contributed by atoms with Crippen LogP contribution in [0, 0.1) is 0 Å². The van der Waals surface area contributed by atoms with Crippen molar-refractivity contribution in [3.8, 4) is 0 Å². The number of likely N-dealkylation sites (tertiary alicyclic amines) is 1. The molecule has 1 saturated heterocycles. The van der Waals surface area contributed by atoms with Gasteiger partial charge in [-0.15, -0.1) is 0 Å². The molecule has 0 bridgehead atoms. The molecule has 1 atom stereocenters. The summed E-state index contributed by atoms with van der Waals surface area (Å²) in [5, 5.41) is 0. The lowest BCUT2D eigenvalue weighted by Gasteiger charge is -2.33. The minimum Gasteiger partial charge on any atom is -0.366 e. The standard InChI is InChI=1S/C12H24N2O4S/c1-12(2,3)18-9-11(15)14-7-5-6-10(8-14)13-19(4,16)17/h10,13H,5-9H2,1-4H3. The fraction of sp³-hybridized carbons (Fsp3) is 0.917. The molecule has 1 rings (SSSR count). The van der Waals surface area contributed by atoms with Gasteiger partial charge in [-0.1, -0.05) is 0 Å². The van der Waals surface area contributed by atoms with Crippen LogP contribution in [0.3, 0.4) is 0 Å². The highest BCUT2D eigenvalue weighted by Gasteiger charge is 2.26. The lowest BCUT2D eigenvalue weighted by Crippen LogP contribution is -2.50. The van der Waals surface area contributed by atoms with Crippen molar-refractivity contribution in [2.24, 2.45) is 0 Å². The molecule has 0 aromatic carbocycles. The monoisotopic (exact) mass is 292 g/mol. The zero-order chi connectivity index (χ0) is 14.7. The molecule has 1 aliphatic heterocycles. The first-order chi connectivity index (χ1) is 8.57. The molecule has 0 spiro atoms. The molecule has 7 heteroatoms. The summed E-state index contributed by atoms with van der Waals surface area (Å²) < 4.78 is 30.4. The van der Waals surface area contributed by atoms with Gasteiger partial charge < -0.3 is 9.64 Å². The molecule has 0 aromatic heterocycles. The van der Waals surface area contributed by atoms with E-state index in [2.05, 4.69) is 4.72 Å². The van der Waals surface area contributed by atoms with E-state index in [-0.39, 0.29) is 24.2 Å². The molecular weight excluding hydrogens is 268 g/mol. The normalized spacial score (nSPS) is 21.5. The predicted molar refractivity (Wildman–Crippen MR) is 73.3 cm³/mol. The van der Waals surface area contributed by atoms with Gasteiger partial charge in [-0.2, -0.15) is 0 Å². The summed E-state index contributed by atoms with van der Waals surface area (Å²) in [5.74, 6) is -0.0880. The topological polar surface area (TPSA) is 75.7 Å². The largest absolute Gasteiger partial charge is 0.366 e. The SMILES string of the molecule is CC(C)(C)OCC(=O)N1CCCC(NS(C)(=O)=O)C1. The van der Waals surface area contributed by atoms with Gasteiger partial charge in [0.1, 0.15) is 6.61 Å². The van der Waals surface area contributed by atoms with Gasteiger partial charge >= 0.3 is 0 Å². The summed E-state index contributed by atoms with van der Waals surface area (Å²) >= 11 is 0. The number of ether oxygens (including phenoxy) is 1. The number of hydrogen-bond acceptors (Lipinski definition) is 4. The van der Waals surface area contributed by atoms with Crippen molar-refractivity contribution in [2.45, 2.75) is 45.3 Å². The van der Waals surface area contributed by atoms with E-state index in [4.69, 9.17) is 4.74 Å². The average Bonchev–Trinajstić information content (AvgIpc) is 2.23. The lowest BCUT2D eigenvalue weighted by atomic mass is 10.1. The van der Waals surface area contributed by atoms with Crippen molar-refractivity contribution in [2.75, 3.05) is 26.0 Å². The number of sulfonamides is 1. The zero-order valence-corrected chi connectivity index (χ0v) is 12.9. The van der Waals surface area contributed by atoms with Crippen LogP contribution in [-0.4, -0.2) is 56.8 Å². The Morgan fingerprint density at radius 2 is 2.05 bits per heavy atom. The van der Waals surface area contributed by atoms with Crippen molar-refractivity contribution in [3.05, 3.63) is 0 Å². The Hall–Kier alpha value is -0.660. The Labute approximate surface area is 115 Å². The van der Waals surface area contributed by atoms with E-state index in [9.17, 15) is 13.2 Å². The van der Waals surface area contributed by atoms with Crippen molar-refractivity contribution >= 4 is 15.9 Å². The summed E-state index contributed by atoms with van der Waals surface area (Å²) in [6, 6.07) is -0.192. The molecule has 0 radical (unpaired) electrons. The maximum absolute atomic E-state index is 12.0. The van der Waals surface area contributed by atoms with Crippen LogP contribution in [0.5, 0.6) is 0 Å². The molecule has 1 N–H and O–H groups in total. The highest BCUT2D eigenvalue weighted by atomic mass is 32.2. The maximum atomic E-state index is 12.0. The summed E-state index contributed by atoms with van der Waals surface area (Å²) in [7, 11) is -3.23. The Bertz CT molecular complexity index is 414. The fourth-order valence-corrected chi connectivity index (χ4v) is 2.77. The van der Waals surface area contributed by atoms with Gasteiger partial charge in [-0.3, -0.25) is 4.79 Å². The second-order valence-electron chi connectivity index (χ2n) is 5.97. The third-order valence-corrected chi connectivity index (χ3v) is 3.54. The van der Waals surface area contributed by atoms with E-state index < -0.39 is 10.0 Å². The molecule has 1 amide bonds. The molecule has 0 aliphatic carbocycles. The molecule has 6 nitrogen and oxygen atoms in total. The van der Waals surface area contributed by atoms with Crippen LogP contribution in [-0.2, 0) is 19.6 Å². The first kappa shape index (κ1) is 16.4. The first-order valence-corrected chi connectivity index (χ1v) is 8.35. The number of hydrogen-bond donors (Lipinski definition) is 1. The number of piperidine rings is 1. The zero-order valence-electron chi connectivity index (χ0n) is 12.1. The number of amides is 1. The Morgan fingerprint density at radius 3 is 2.58 bits per heavy atom. The third-order valence-electron chi connectivity index (χ3n) is 2.78. The molecule has 112 valence electrons. The number of nitrogens with zero attached hydrogens (tertiary/aromatic N) is 1. The van der Waals surface area contributed by atoms with Crippen molar-refractivity contribution in [1.29, 1.82) is 0 Å². The van der Waals surface area contributed by atoms with E-state index in [1.807, 2.05) is 20.8 Å². The van der Waals surface area contributed by atoms with Gasteiger partial charge in [0.25, 0.3) is 0 Å². The van der Waals surface area contributed by atoms with Crippen LogP contribution in [0.1, 0.15) is 33.6 Å². The third kappa shape index (κ3) is 6.89. The van der Waals surface area contributed by atoms with Gasteiger partial charge in [0, 0.05) is 19.1 Å². The predicted octanol–water partition coefficient (Wildman–Crippen LogP) is 0.342. The van der Waals surface area contributed by atoms with Crippen LogP contribution >= 0.6 is 0 Å². The van der Waals surface area contributed by atoms with Gasteiger partial charge in [0.05, 0.1) is 11.9 Å².